The van der Waals surface area contributed by atoms with Crippen LogP contribution in [0.2, 0.25) is 0 Å². The Morgan fingerprint density at radius 3 is 2.65 bits per heavy atom. The van der Waals surface area contributed by atoms with Crippen molar-refractivity contribution in [3.05, 3.63) is 35.3 Å². The molecule has 108 valence electrons. The lowest BCUT2D eigenvalue weighted by atomic mass is 10.1. The lowest BCUT2D eigenvalue weighted by Gasteiger charge is -2.07. The molecule has 0 unspecified atom stereocenters. The van der Waals surface area contributed by atoms with Crippen LogP contribution in [0.5, 0.6) is 5.75 Å². The molecular formula is C16H23N3O. The number of aromatic nitrogens is 2. The van der Waals surface area contributed by atoms with E-state index in [1.54, 1.807) is 7.11 Å². The summed E-state index contributed by atoms with van der Waals surface area (Å²) in [5.74, 6) is 2.28. The van der Waals surface area contributed by atoms with Crippen LogP contribution in [0.3, 0.4) is 0 Å². The third kappa shape index (κ3) is 2.85. The zero-order valence-electron chi connectivity index (χ0n) is 12.7. The van der Waals surface area contributed by atoms with Gasteiger partial charge in [-0.05, 0) is 37.2 Å². The summed E-state index contributed by atoms with van der Waals surface area (Å²) in [7, 11) is 1.69. The molecule has 1 heterocycles. The van der Waals surface area contributed by atoms with E-state index in [0.29, 0.717) is 12.5 Å². The summed E-state index contributed by atoms with van der Waals surface area (Å²) in [6, 6.07) is 6.14. The van der Waals surface area contributed by atoms with Gasteiger partial charge in [0.25, 0.3) is 0 Å². The van der Waals surface area contributed by atoms with Gasteiger partial charge in [0.05, 0.1) is 12.8 Å². The monoisotopic (exact) mass is 273 g/mol. The summed E-state index contributed by atoms with van der Waals surface area (Å²) in [6.45, 7) is 6.92. The third-order valence-electron chi connectivity index (χ3n) is 3.41. The zero-order valence-corrected chi connectivity index (χ0v) is 12.7. The van der Waals surface area contributed by atoms with Crippen molar-refractivity contribution in [2.24, 2.45) is 5.73 Å². The first-order valence-corrected chi connectivity index (χ1v) is 7.00. The van der Waals surface area contributed by atoms with Crippen LogP contribution in [0.25, 0.3) is 11.3 Å². The smallest absolute Gasteiger partial charge is 0.121 e. The third-order valence-corrected chi connectivity index (χ3v) is 3.41. The second-order valence-electron chi connectivity index (χ2n) is 5.33. The Bertz CT molecular complexity index is 587. The number of hydrogen-bond donors (Lipinski definition) is 2. The standard InChI is InChI=1S/C16H23N3O/c1-10(2)16-18-13(7-8-17)15(19-16)12-5-6-14(20-4)11(3)9-12/h5-6,9-10H,7-8,17H2,1-4H3,(H,18,19). The van der Waals surface area contributed by atoms with Gasteiger partial charge in [-0.2, -0.15) is 0 Å². The van der Waals surface area contributed by atoms with E-state index in [2.05, 4.69) is 24.9 Å². The van der Waals surface area contributed by atoms with Gasteiger partial charge in [-0.3, -0.25) is 0 Å². The predicted octanol–water partition coefficient (Wildman–Crippen LogP) is 3.02. The molecule has 4 heteroatoms. The van der Waals surface area contributed by atoms with Crippen LogP contribution in [0.1, 0.15) is 36.8 Å². The molecule has 0 bridgehead atoms. The number of imidazole rings is 1. The summed E-state index contributed by atoms with van der Waals surface area (Å²) in [6.07, 6.45) is 0.806. The first-order valence-electron chi connectivity index (χ1n) is 7.00. The minimum absolute atomic E-state index is 0.375. The van der Waals surface area contributed by atoms with Gasteiger partial charge in [0.15, 0.2) is 0 Å². The molecule has 0 saturated carbocycles. The lowest BCUT2D eigenvalue weighted by molar-refractivity contribution is 0.412. The molecule has 0 aliphatic heterocycles. The average Bonchev–Trinajstić information content (AvgIpc) is 2.83. The number of ether oxygens (including phenoxy) is 1. The highest BCUT2D eigenvalue weighted by Crippen LogP contribution is 2.28. The Labute approximate surface area is 120 Å². The highest BCUT2D eigenvalue weighted by molar-refractivity contribution is 5.64. The highest BCUT2D eigenvalue weighted by Gasteiger charge is 2.14. The number of aryl methyl sites for hydroxylation is 1. The van der Waals surface area contributed by atoms with Gasteiger partial charge in [0, 0.05) is 23.6 Å². The maximum absolute atomic E-state index is 5.70. The fraction of sp³-hybridized carbons (Fsp3) is 0.438. The van der Waals surface area contributed by atoms with Gasteiger partial charge in [0.2, 0.25) is 0 Å². The second kappa shape index (κ2) is 6.09. The van der Waals surface area contributed by atoms with E-state index in [9.17, 15) is 0 Å². The fourth-order valence-corrected chi connectivity index (χ4v) is 2.29. The minimum Gasteiger partial charge on any atom is -0.496 e. The molecule has 1 aromatic heterocycles. The van der Waals surface area contributed by atoms with Crippen LogP contribution < -0.4 is 10.5 Å². The normalized spacial score (nSPS) is 11.1. The van der Waals surface area contributed by atoms with Gasteiger partial charge in [-0.25, -0.2) is 4.98 Å². The topological polar surface area (TPSA) is 63.9 Å². The van der Waals surface area contributed by atoms with E-state index < -0.39 is 0 Å². The molecule has 2 aromatic rings. The first kappa shape index (κ1) is 14.6. The Hall–Kier alpha value is -1.81. The van der Waals surface area contributed by atoms with Gasteiger partial charge >= 0.3 is 0 Å². The largest absolute Gasteiger partial charge is 0.496 e. The molecule has 0 radical (unpaired) electrons. The van der Waals surface area contributed by atoms with E-state index in [0.717, 1.165) is 40.5 Å². The summed E-state index contributed by atoms with van der Waals surface area (Å²) >= 11 is 0. The summed E-state index contributed by atoms with van der Waals surface area (Å²) in [5.41, 5.74) is 10.0. The summed E-state index contributed by atoms with van der Waals surface area (Å²) in [5, 5.41) is 0. The molecule has 20 heavy (non-hydrogen) atoms. The number of methoxy groups -OCH3 is 1. The van der Waals surface area contributed by atoms with Gasteiger partial charge < -0.3 is 15.5 Å². The van der Waals surface area contributed by atoms with Crippen molar-refractivity contribution < 1.29 is 4.74 Å². The number of nitrogens with one attached hydrogen (secondary N) is 1. The molecule has 4 nitrogen and oxygen atoms in total. The quantitative estimate of drug-likeness (QED) is 0.880. The number of benzene rings is 1. The molecule has 2 rings (SSSR count). The first-order chi connectivity index (χ1) is 9.56. The highest BCUT2D eigenvalue weighted by atomic mass is 16.5. The minimum atomic E-state index is 0.375. The van der Waals surface area contributed by atoms with E-state index in [1.165, 1.54) is 0 Å². The van der Waals surface area contributed by atoms with Crippen molar-refractivity contribution in [2.45, 2.75) is 33.1 Å². The molecule has 0 atom stereocenters. The number of hydrogen-bond acceptors (Lipinski definition) is 3. The van der Waals surface area contributed by atoms with Crippen molar-refractivity contribution in [3.63, 3.8) is 0 Å². The van der Waals surface area contributed by atoms with Crippen LogP contribution in [0.15, 0.2) is 18.2 Å². The maximum atomic E-state index is 5.70. The Morgan fingerprint density at radius 1 is 1.35 bits per heavy atom. The Balaban J connectivity index is 2.47. The number of nitrogens with two attached hydrogens (primary N) is 1. The molecule has 0 spiro atoms. The Kier molecular flexibility index (Phi) is 4.45. The zero-order chi connectivity index (χ0) is 14.7. The van der Waals surface area contributed by atoms with Crippen LogP contribution in [0, 0.1) is 6.92 Å². The van der Waals surface area contributed by atoms with Gasteiger partial charge in [0.1, 0.15) is 11.6 Å². The van der Waals surface area contributed by atoms with Crippen LogP contribution in [0.4, 0.5) is 0 Å². The van der Waals surface area contributed by atoms with Crippen LogP contribution >= 0.6 is 0 Å². The molecule has 1 aromatic carbocycles. The van der Waals surface area contributed by atoms with E-state index in [1.807, 2.05) is 19.1 Å². The van der Waals surface area contributed by atoms with Gasteiger partial charge in [-0.1, -0.05) is 13.8 Å². The average molecular weight is 273 g/mol. The molecule has 0 aliphatic rings. The van der Waals surface area contributed by atoms with Gasteiger partial charge in [-0.15, -0.1) is 0 Å². The number of nitrogens with zero attached hydrogens (tertiary/aromatic N) is 1. The molecule has 0 aliphatic carbocycles. The lowest BCUT2D eigenvalue weighted by Crippen LogP contribution is -2.04. The molecule has 3 N–H and O–H groups in total. The summed E-state index contributed by atoms with van der Waals surface area (Å²) < 4.78 is 5.31. The molecule has 0 fully saturated rings. The van der Waals surface area contributed by atoms with Crippen molar-refractivity contribution in [1.29, 1.82) is 0 Å². The number of rotatable bonds is 5. The maximum Gasteiger partial charge on any atom is 0.121 e. The van der Waals surface area contributed by atoms with Crippen LogP contribution in [-0.2, 0) is 6.42 Å². The fourth-order valence-electron chi connectivity index (χ4n) is 2.29. The Morgan fingerprint density at radius 2 is 2.10 bits per heavy atom. The van der Waals surface area contributed by atoms with Crippen molar-refractivity contribution in [3.8, 4) is 17.0 Å². The summed E-state index contributed by atoms with van der Waals surface area (Å²) in [4.78, 5) is 8.15. The second-order valence-corrected chi connectivity index (χ2v) is 5.33. The number of H-pyrrole nitrogens is 1. The van der Waals surface area contributed by atoms with E-state index in [4.69, 9.17) is 15.5 Å². The van der Waals surface area contributed by atoms with E-state index >= 15 is 0 Å². The van der Waals surface area contributed by atoms with Crippen molar-refractivity contribution in [2.75, 3.05) is 13.7 Å². The van der Waals surface area contributed by atoms with E-state index in [-0.39, 0.29) is 0 Å². The number of aromatic amines is 1. The van der Waals surface area contributed by atoms with Crippen molar-refractivity contribution >= 4 is 0 Å². The molecule has 0 saturated heterocycles. The molecular weight excluding hydrogens is 250 g/mol. The SMILES string of the molecule is COc1ccc(-c2nc(C(C)C)[nH]c2CCN)cc1C. The van der Waals surface area contributed by atoms with Crippen LogP contribution in [-0.4, -0.2) is 23.6 Å². The molecule has 0 amide bonds. The van der Waals surface area contributed by atoms with Crippen molar-refractivity contribution in [1.82, 2.24) is 9.97 Å². The predicted molar refractivity (Wildman–Crippen MR) is 82.2 cm³/mol.